The lowest BCUT2D eigenvalue weighted by atomic mass is 9.74. The number of Topliss-reactive ketones (excluding diaryl/α,β-unsaturated/α-hetero) is 1. The van der Waals surface area contributed by atoms with Crippen LogP contribution in [0.5, 0.6) is 0 Å². The molecule has 18 heavy (non-hydrogen) atoms. The molecule has 0 aromatic carbocycles. The zero-order valence-corrected chi connectivity index (χ0v) is 12.3. The van der Waals surface area contributed by atoms with Crippen molar-refractivity contribution in [1.29, 1.82) is 0 Å². The number of nitrogens with zero attached hydrogens (tertiary/aromatic N) is 1. The molecule has 1 rings (SSSR count). The Kier molecular flexibility index (Phi) is 7.53. The number of ketones is 1. The Morgan fingerprint density at radius 1 is 1.22 bits per heavy atom. The second-order valence-electron chi connectivity index (χ2n) is 4.53. The van der Waals surface area contributed by atoms with Gasteiger partial charge in [0.1, 0.15) is 5.78 Å². The van der Waals surface area contributed by atoms with E-state index in [0.29, 0.717) is 18.6 Å². The standard InChI is InChI=1S/C14H21NO.C2H6/c1-5-7-12(6-2)14(15(3)4)10-8-13(16)9-11-14;1-2/h5-7H,1-2,8-11H2,3-4H3;1-2H3/b12-7+;. The van der Waals surface area contributed by atoms with Crippen LogP contribution in [0.25, 0.3) is 0 Å². The highest BCUT2D eigenvalue weighted by atomic mass is 16.1. The molecule has 0 heterocycles. The molecule has 0 bridgehead atoms. The van der Waals surface area contributed by atoms with Crippen molar-refractivity contribution in [3.05, 3.63) is 37.0 Å². The molecule has 0 atom stereocenters. The van der Waals surface area contributed by atoms with Gasteiger partial charge in [0, 0.05) is 18.4 Å². The zero-order chi connectivity index (χ0) is 14.2. The van der Waals surface area contributed by atoms with E-state index in [1.807, 2.05) is 26.0 Å². The van der Waals surface area contributed by atoms with Crippen LogP contribution in [-0.4, -0.2) is 30.3 Å². The van der Waals surface area contributed by atoms with Crippen molar-refractivity contribution < 1.29 is 4.79 Å². The first-order valence-electron chi connectivity index (χ1n) is 6.71. The summed E-state index contributed by atoms with van der Waals surface area (Å²) in [6.07, 6.45) is 8.77. The Hall–Kier alpha value is -1.15. The second kappa shape index (κ2) is 8.04. The number of carbonyl (C=O) groups is 1. The van der Waals surface area contributed by atoms with Crippen molar-refractivity contribution in [2.75, 3.05) is 14.1 Å². The molecular weight excluding hydrogens is 222 g/mol. The summed E-state index contributed by atoms with van der Waals surface area (Å²) in [6, 6.07) is 0. The number of hydrogen-bond acceptors (Lipinski definition) is 2. The zero-order valence-electron chi connectivity index (χ0n) is 12.3. The van der Waals surface area contributed by atoms with Crippen LogP contribution in [0.3, 0.4) is 0 Å². The van der Waals surface area contributed by atoms with Gasteiger partial charge in [0.25, 0.3) is 0 Å². The molecule has 0 saturated heterocycles. The monoisotopic (exact) mass is 249 g/mol. The van der Waals surface area contributed by atoms with E-state index in [1.54, 1.807) is 6.08 Å². The van der Waals surface area contributed by atoms with Gasteiger partial charge < -0.3 is 0 Å². The number of allylic oxidation sites excluding steroid dienone is 2. The van der Waals surface area contributed by atoms with E-state index in [-0.39, 0.29) is 5.54 Å². The van der Waals surface area contributed by atoms with Gasteiger partial charge >= 0.3 is 0 Å². The topological polar surface area (TPSA) is 20.3 Å². The van der Waals surface area contributed by atoms with Crippen LogP contribution in [0.1, 0.15) is 39.5 Å². The minimum absolute atomic E-state index is 0.0378. The molecule has 2 heteroatoms. The third-order valence-corrected chi connectivity index (χ3v) is 3.55. The van der Waals surface area contributed by atoms with E-state index < -0.39 is 0 Å². The average Bonchev–Trinajstić information content (AvgIpc) is 2.39. The molecule has 1 fully saturated rings. The van der Waals surface area contributed by atoms with E-state index in [0.717, 1.165) is 12.8 Å². The van der Waals surface area contributed by atoms with Crippen LogP contribution >= 0.6 is 0 Å². The largest absolute Gasteiger partial charge is 0.300 e. The van der Waals surface area contributed by atoms with Crippen molar-refractivity contribution in [3.63, 3.8) is 0 Å². The van der Waals surface area contributed by atoms with Gasteiger partial charge in [-0.25, -0.2) is 0 Å². The molecule has 1 saturated carbocycles. The molecule has 0 aromatic heterocycles. The third-order valence-electron chi connectivity index (χ3n) is 3.55. The molecule has 0 aliphatic heterocycles. The molecule has 0 N–H and O–H groups in total. The van der Waals surface area contributed by atoms with Crippen LogP contribution < -0.4 is 0 Å². The molecular formula is C16H27NO. The van der Waals surface area contributed by atoms with E-state index in [1.165, 1.54) is 5.57 Å². The molecule has 0 radical (unpaired) electrons. The van der Waals surface area contributed by atoms with E-state index in [4.69, 9.17) is 0 Å². The van der Waals surface area contributed by atoms with E-state index in [2.05, 4.69) is 32.2 Å². The fraction of sp³-hybridized carbons (Fsp3) is 0.562. The van der Waals surface area contributed by atoms with E-state index in [9.17, 15) is 4.79 Å². The average molecular weight is 249 g/mol. The van der Waals surface area contributed by atoms with Crippen molar-refractivity contribution in [1.82, 2.24) is 4.90 Å². The molecule has 0 unspecified atom stereocenters. The van der Waals surface area contributed by atoms with Crippen LogP contribution in [-0.2, 0) is 4.79 Å². The molecule has 0 spiro atoms. The van der Waals surface area contributed by atoms with Gasteiger partial charge in [-0.1, -0.05) is 45.2 Å². The number of likely N-dealkylation sites (N-methyl/N-ethyl adjacent to an activating group) is 1. The summed E-state index contributed by atoms with van der Waals surface area (Å²) in [4.78, 5) is 13.6. The first-order valence-corrected chi connectivity index (χ1v) is 6.71. The SMILES string of the molecule is C=C/C=C(\C=C)C1(N(C)C)CCC(=O)CC1.CC. The van der Waals surface area contributed by atoms with Crippen molar-refractivity contribution in [2.24, 2.45) is 0 Å². The van der Waals surface area contributed by atoms with Gasteiger partial charge in [-0.05, 0) is 32.5 Å². The summed E-state index contributed by atoms with van der Waals surface area (Å²) in [5, 5.41) is 0. The van der Waals surface area contributed by atoms with Crippen molar-refractivity contribution in [3.8, 4) is 0 Å². The Balaban J connectivity index is 0.00000137. The van der Waals surface area contributed by atoms with Crippen LogP contribution in [0.4, 0.5) is 0 Å². The molecule has 0 aromatic rings. The van der Waals surface area contributed by atoms with Gasteiger partial charge in [-0.3, -0.25) is 9.69 Å². The van der Waals surface area contributed by atoms with Gasteiger partial charge in [0.2, 0.25) is 0 Å². The molecule has 2 nitrogen and oxygen atoms in total. The molecule has 1 aliphatic carbocycles. The van der Waals surface area contributed by atoms with Crippen molar-refractivity contribution in [2.45, 2.75) is 45.1 Å². The maximum atomic E-state index is 11.4. The fourth-order valence-corrected chi connectivity index (χ4v) is 2.48. The number of carbonyl (C=O) groups excluding carboxylic acids is 1. The first-order chi connectivity index (χ1) is 8.56. The highest BCUT2D eigenvalue weighted by molar-refractivity contribution is 5.79. The smallest absolute Gasteiger partial charge is 0.133 e. The minimum atomic E-state index is -0.0378. The first kappa shape index (κ1) is 16.9. The molecule has 102 valence electrons. The second-order valence-corrected chi connectivity index (χ2v) is 4.53. The quantitative estimate of drug-likeness (QED) is 0.707. The predicted molar refractivity (Wildman–Crippen MR) is 79.7 cm³/mol. The number of rotatable bonds is 4. The van der Waals surface area contributed by atoms with Crippen LogP contribution in [0.2, 0.25) is 0 Å². The highest BCUT2D eigenvalue weighted by Crippen LogP contribution is 2.37. The lowest BCUT2D eigenvalue weighted by Crippen LogP contribution is -2.48. The van der Waals surface area contributed by atoms with Gasteiger partial charge in [0.15, 0.2) is 0 Å². The summed E-state index contributed by atoms with van der Waals surface area (Å²) in [7, 11) is 4.13. The Morgan fingerprint density at radius 3 is 2.06 bits per heavy atom. The summed E-state index contributed by atoms with van der Waals surface area (Å²) in [5.74, 6) is 0.375. The summed E-state index contributed by atoms with van der Waals surface area (Å²) < 4.78 is 0. The lowest BCUT2D eigenvalue weighted by molar-refractivity contribution is -0.122. The molecule has 0 amide bonds. The maximum Gasteiger partial charge on any atom is 0.133 e. The van der Waals surface area contributed by atoms with Crippen LogP contribution in [0, 0.1) is 0 Å². The van der Waals surface area contributed by atoms with Gasteiger partial charge in [0.05, 0.1) is 0 Å². The normalized spacial score (nSPS) is 18.9. The van der Waals surface area contributed by atoms with Gasteiger partial charge in [-0.15, -0.1) is 0 Å². The minimum Gasteiger partial charge on any atom is -0.300 e. The van der Waals surface area contributed by atoms with E-state index >= 15 is 0 Å². The fourth-order valence-electron chi connectivity index (χ4n) is 2.48. The lowest BCUT2D eigenvalue weighted by Gasteiger charge is -2.43. The summed E-state index contributed by atoms with van der Waals surface area (Å²) in [6.45, 7) is 11.6. The molecule has 1 aliphatic rings. The summed E-state index contributed by atoms with van der Waals surface area (Å²) >= 11 is 0. The number of hydrogen-bond donors (Lipinski definition) is 0. The Morgan fingerprint density at radius 2 is 1.72 bits per heavy atom. The predicted octanol–water partition coefficient (Wildman–Crippen LogP) is 3.75. The Bertz CT molecular complexity index is 316. The summed E-state index contributed by atoms with van der Waals surface area (Å²) in [5.41, 5.74) is 1.13. The van der Waals surface area contributed by atoms with Gasteiger partial charge in [-0.2, -0.15) is 0 Å². The third kappa shape index (κ3) is 3.67. The van der Waals surface area contributed by atoms with Crippen molar-refractivity contribution >= 4 is 5.78 Å². The maximum absolute atomic E-state index is 11.4. The Labute approximate surface area is 112 Å². The highest BCUT2D eigenvalue weighted by Gasteiger charge is 2.38. The van der Waals surface area contributed by atoms with Crippen LogP contribution in [0.15, 0.2) is 37.0 Å².